The van der Waals surface area contributed by atoms with Crippen molar-refractivity contribution in [3.63, 3.8) is 0 Å². The number of unbranched alkanes of at least 4 members (excludes halogenated alkanes) is 13. The molecular formula is C47H83NO6. The maximum atomic E-state index is 12.2. The molecule has 0 bridgehead atoms. The van der Waals surface area contributed by atoms with Crippen LogP contribution >= 0.6 is 0 Å². The Kier molecular flexibility index (Phi) is 33.3. The molecule has 0 aliphatic carbocycles. The van der Waals surface area contributed by atoms with Gasteiger partial charge in [0.1, 0.15) is 6.61 Å². The molecule has 1 aromatic rings. The SMILES string of the molecule is CCCCC(CC)COC(=O)CCCCCCCCC(CCCCCCCCC(=O)OCC(CC)CCCC)NCCCCC(=O)OCc1ccccc1. The highest BCUT2D eigenvalue weighted by Gasteiger charge is 2.12. The van der Waals surface area contributed by atoms with Gasteiger partial charge in [-0.2, -0.15) is 0 Å². The number of hydrogen-bond donors (Lipinski definition) is 1. The predicted octanol–water partition coefficient (Wildman–Crippen LogP) is 12.6. The number of esters is 3. The van der Waals surface area contributed by atoms with Gasteiger partial charge >= 0.3 is 17.9 Å². The molecule has 0 aliphatic rings. The van der Waals surface area contributed by atoms with Crippen molar-refractivity contribution in [1.82, 2.24) is 5.32 Å². The minimum atomic E-state index is -0.121. The van der Waals surface area contributed by atoms with Crippen LogP contribution in [0.3, 0.4) is 0 Å². The van der Waals surface area contributed by atoms with Crippen LogP contribution in [0.5, 0.6) is 0 Å². The first kappa shape index (κ1) is 49.6. The smallest absolute Gasteiger partial charge is 0.306 e. The van der Waals surface area contributed by atoms with Gasteiger partial charge in [-0.25, -0.2) is 0 Å². The van der Waals surface area contributed by atoms with Gasteiger partial charge in [-0.3, -0.25) is 14.4 Å². The number of benzene rings is 1. The summed E-state index contributed by atoms with van der Waals surface area (Å²) >= 11 is 0. The summed E-state index contributed by atoms with van der Waals surface area (Å²) < 4.78 is 16.6. The van der Waals surface area contributed by atoms with E-state index in [0.29, 0.717) is 57.0 Å². The largest absolute Gasteiger partial charge is 0.465 e. The number of ether oxygens (including phenoxy) is 3. The van der Waals surface area contributed by atoms with E-state index in [1.54, 1.807) is 0 Å². The first-order chi connectivity index (χ1) is 26.4. The Labute approximate surface area is 332 Å². The normalized spacial score (nSPS) is 13.0. The van der Waals surface area contributed by atoms with Crippen LogP contribution < -0.4 is 5.32 Å². The first-order valence-corrected chi connectivity index (χ1v) is 22.7. The van der Waals surface area contributed by atoms with E-state index in [-0.39, 0.29) is 17.9 Å². The molecule has 0 fully saturated rings. The van der Waals surface area contributed by atoms with E-state index in [9.17, 15) is 14.4 Å². The van der Waals surface area contributed by atoms with Crippen molar-refractivity contribution < 1.29 is 28.6 Å². The Balaban J connectivity index is 2.27. The summed E-state index contributed by atoms with van der Waals surface area (Å²) in [4.78, 5) is 36.6. The molecule has 0 radical (unpaired) electrons. The summed E-state index contributed by atoms with van der Waals surface area (Å²) in [5, 5.41) is 3.81. The van der Waals surface area contributed by atoms with Gasteiger partial charge < -0.3 is 19.5 Å². The fraction of sp³-hybridized carbons (Fsp3) is 0.809. The maximum absolute atomic E-state index is 12.2. The zero-order chi connectivity index (χ0) is 39.3. The molecule has 2 unspecified atom stereocenters. The molecule has 0 heterocycles. The lowest BCUT2D eigenvalue weighted by Crippen LogP contribution is -2.30. The number of rotatable bonds is 38. The molecule has 1 rings (SSSR count). The van der Waals surface area contributed by atoms with E-state index in [2.05, 4.69) is 33.0 Å². The maximum Gasteiger partial charge on any atom is 0.306 e. The average Bonchev–Trinajstić information content (AvgIpc) is 3.19. The highest BCUT2D eigenvalue weighted by molar-refractivity contribution is 5.69. The third kappa shape index (κ3) is 29.9. The fourth-order valence-corrected chi connectivity index (χ4v) is 6.96. The second-order valence-electron chi connectivity index (χ2n) is 15.8. The summed E-state index contributed by atoms with van der Waals surface area (Å²) in [5.41, 5.74) is 1.02. The molecule has 0 saturated heterocycles. The summed E-state index contributed by atoms with van der Waals surface area (Å²) in [6.07, 6.45) is 28.7. The molecule has 1 aromatic carbocycles. The lowest BCUT2D eigenvalue weighted by Gasteiger charge is -2.19. The first-order valence-electron chi connectivity index (χ1n) is 22.7. The van der Waals surface area contributed by atoms with E-state index in [1.807, 2.05) is 30.3 Å². The van der Waals surface area contributed by atoms with Gasteiger partial charge in [0.2, 0.25) is 0 Å². The quantitative estimate of drug-likeness (QED) is 0.0408. The molecule has 0 aromatic heterocycles. The summed E-state index contributed by atoms with van der Waals surface area (Å²) in [5.74, 6) is 0.842. The zero-order valence-corrected chi connectivity index (χ0v) is 35.5. The molecule has 312 valence electrons. The van der Waals surface area contributed by atoms with Crippen LogP contribution in [-0.4, -0.2) is 43.7 Å². The summed E-state index contributed by atoms with van der Waals surface area (Å²) in [6, 6.07) is 10.3. The van der Waals surface area contributed by atoms with Crippen LogP contribution in [-0.2, 0) is 35.2 Å². The Morgan fingerprint density at radius 2 is 0.926 bits per heavy atom. The molecule has 54 heavy (non-hydrogen) atoms. The lowest BCUT2D eigenvalue weighted by atomic mass is 9.99. The standard InChI is InChI=1S/C47H83NO6/c1-5-9-28-41(7-3)38-52-45(49)34-24-17-13-11-15-22-32-44(48-37-27-26-36-47(51)54-40-43-30-20-19-21-31-43)33-23-16-12-14-18-25-35-46(50)53-39-42(8-4)29-10-6-2/h19-21,30-31,41-42,44,48H,5-18,22-29,32-40H2,1-4H3. The van der Waals surface area contributed by atoms with Gasteiger partial charge in [-0.15, -0.1) is 0 Å². The Hall–Kier alpha value is -2.41. The van der Waals surface area contributed by atoms with E-state index in [0.717, 1.165) is 76.3 Å². The number of carbonyl (C=O) groups excluding carboxylic acids is 3. The van der Waals surface area contributed by atoms with Gasteiger partial charge in [-0.1, -0.05) is 161 Å². The van der Waals surface area contributed by atoms with E-state index < -0.39 is 0 Å². The summed E-state index contributed by atoms with van der Waals surface area (Å²) in [7, 11) is 0. The third-order valence-corrected chi connectivity index (χ3v) is 10.9. The molecule has 7 heteroatoms. The van der Waals surface area contributed by atoms with Crippen LogP contribution in [0, 0.1) is 11.8 Å². The number of nitrogens with one attached hydrogen (secondary N) is 1. The van der Waals surface area contributed by atoms with E-state index in [1.165, 1.54) is 89.9 Å². The van der Waals surface area contributed by atoms with Crippen LogP contribution in [0.1, 0.15) is 207 Å². The monoisotopic (exact) mass is 758 g/mol. The van der Waals surface area contributed by atoms with Crippen molar-refractivity contribution in [2.75, 3.05) is 19.8 Å². The molecule has 0 amide bonds. The number of hydrogen-bond acceptors (Lipinski definition) is 7. The molecule has 7 nitrogen and oxygen atoms in total. The van der Waals surface area contributed by atoms with Crippen LogP contribution in [0.25, 0.3) is 0 Å². The third-order valence-electron chi connectivity index (χ3n) is 10.9. The van der Waals surface area contributed by atoms with Crippen molar-refractivity contribution in [2.24, 2.45) is 11.8 Å². The van der Waals surface area contributed by atoms with Gasteiger partial charge in [0.15, 0.2) is 0 Å². The highest BCUT2D eigenvalue weighted by atomic mass is 16.5. The van der Waals surface area contributed by atoms with Crippen molar-refractivity contribution in [1.29, 1.82) is 0 Å². The molecule has 0 saturated carbocycles. The Morgan fingerprint density at radius 3 is 1.39 bits per heavy atom. The average molecular weight is 758 g/mol. The highest BCUT2D eigenvalue weighted by Crippen LogP contribution is 2.18. The molecule has 1 N–H and O–H groups in total. The van der Waals surface area contributed by atoms with Crippen LogP contribution in [0.2, 0.25) is 0 Å². The Bertz CT molecular complexity index is 969. The van der Waals surface area contributed by atoms with Crippen LogP contribution in [0.15, 0.2) is 30.3 Å². The lowest BCUT2D eigenvalue weighted by molar-refractivity contribution is -0.146. The minimum Gasteiger partial charge on any atom is -0.465 e. The van der Waals surface area contributed by atoms with Gasteiger partial charge in [0, 0.05) is 25.3 Å². The predicted molar refractivity (Wildman–Crippen MR) is 224 cm³/mol. The van der Waals surface area contributed by atoms with Crippen molar-refractivity contribution in [3.05, 3.63) is 35.9 Å². The molecule has 0 spiro atoms. The van der Waals surface area contributed by atoms with E-state index >= 15 is 0 Å². The second-order valence-corrected chi connectivity index (χ2v) is 15.8. The minimum absolute atomic E-state index is 0.0266. The summed E-state index contributed by atoms with van der Waals surface area (Å²) in [6.45, 7) is 11.2. The van der Waals surface area contributed by atoms with Gasteiger partial charge in [-0.05, 0) is 75.3 Å². The molecule has 0 aliphatic heterocycles. The van der Waals surface area contributed by atoms with Gasteiger partial charge in [0.25, 0.3) is 0 Å². The van der Waals surface area contributed by atoms with E-state index in [4.69, 9.17) is 14.2 Å². The van der Waals surface area contributed by atoms with Crippen molar-refractivity contribution in [2.45, 2.75) is 214 Å². The second kappa shape index (κ2) is 36.2. The van der Waals surface area contributed by atoms with Crippen molar-refractivity contribution in [3.8, 4) is 0 Å². The zero-order valence-electron chi connectivity index (χ0n) is 35.5. The molecular weight excluding hydrogens is 675 g/mol. The fourth-order valence-electron chi connectivity index (χ4n) is 6.96. The van der Waals surface area contributed by atoms with Crippen LogP contribution in [0.4, 0.5) is 0 Å². The van der Waals surface area contributed by atoms with Gasteiger partial charge in [0.05, 0.1) is 13.2 Å². The number of carbonyl (C=O) groups is 3. The molecule has 2 atom stereocenters. The van der Waals surface area contributed by atoms with Crippen molar-refractivity contribution >= 4 is 17.9 Å². The Morgan fingerprint density at radius 1 is 0.500 bits per heavy atom. The topological polar surface area (TPSA) is 90.9 Å².